The van der Waals surface area contributed by atoms with E-state index < -0.39 is 6.43 Å². The fourth-order valence-electron chi connectivity index (χ4n) is 2.21. The molecule has 3 nitrogen and oxygen atoms in total. The number of amides is 1. The molecule has 1 aliphatic heterocycles. The predicted octanol–water partition coefficient (Wildman–Crippen LogP) is 1.88. The Balaban J connectivity index is 2.20. The largest absolute Gasteiger partial charge is 0.354 e. The number of carbonyl (C=O) groups excluding carboxylic acids is 1. The molecule has 1 fully saturated rings. The van der Waals surface area contributed by atoms with Crippen LogP contribution in [-0.4, -0.2) is 42.9 Å². The van der Waals surface area contributed by atoms with Gasteiger partial charge < -0.3 is 5.32 Å². The van der Waals surface area contributed by atoms with E-state index in [0.717, 1.165) is 12.8 Å². The standard InChI is InChI=1S/C12H22F2N2O/c1-9(2)15-12(17)7-10-3-5-16(6-4-10)8-11(13)14/h9-11H,3-8H2,1-2H3,(H,15,17). The first-order chi connectivity index (χ1) is 7.97. The molecular formula is C12H22F2N2O. The molecule has 0 aliphatic carbocycles. The van der Waals surface area contributed by atoms with Crippen LogP contribution in [0.4, 0.5) is 8.78 Å². The van der Waals surface area contributed by atoms with Gasteiger partial charge in [0.25, 0.3) is 6.43 Å². The third-order valence-electron chi connectivity index (χ3n) is 3.03. The van der Waals surface area contributed by atoms with Gasteiger partial charge in [0, 0.05) is 12.5 Å². The molecule has 1 N–H and O–H groups in total. The highest BCUT2D eigenvalue weighted by Gasteiger charge is 2.23. The fourth-order valence-corrected chi connectivity index (χ4v) is 2.21. The second-order valence-corrected chi connectivity index (χ2v) is 5.06. The summed E-state index contributed by atoms with van der Waals surface area (Å²) in [5.74, 6) is 0.426. The van der Waals surface area contributed by atoms with Crippen molar-refractivity contribution < 1.29 is 13.6 Å². The van der Waals surface area contributed by atoms with E-state index in [4.69, 9.17) is 0 Å². The van der Waals surface area contributed by atoms with Gasteiger partial charge in [0.15, 0.2) is 0 Å². The van der Waals surface area contributed by atoms with Crippen molar-refractivity contribution in [1.82, 2.24) is 10.2 Å². The van der Waals surface area contributed by atoms with Gasteiger partial charge in [0.1, 0.15) is 0 Å². The van der Waals surface area contributed by atoms with Gasteiger partial charge in [-0.3, -0.25) is 9.69 Å². The lowest BCUT2D eigenvalue weighted by Crippen LogP contribution is -2.39. The highest BCUT2D eigenvalue weighted by atomic mass is 19.3. The van der Waals surface area contributed by atoms with Gasteiger partial charge in [-0.05, 0) is 45.7 Å². The molecule has 1 saturated heterocycles. The van der Waals surface area contributed by atoms with E-state index in [0.29, 0.717) is 25.4 Å². The van der Waals surface area contributed by atoms with Crippen LogP contribution in [0.5, 0.6) is 0 Å². The summed E-state index contributed by atoms with van der Waals surface area (Å²) in [6, 6.07) is 0.168. The summed E-state index contributed by atoms with van der Waals surface area (Å²) in [4.78, 5) is 13.3. The Morgan fingerprint density at radius 2 is 1.94 bits per heavy atom. The van der Waals surface area contributed by atoms with Crippen LogP contribution in [0.3, 0.4) is 0 Å². The van der Waals surface area contributed by atoms with Crippen LogP contribution in [0, 0.1) is 5.92 Å². The molecular weight excluding hydrogens is 226 g/mol. The number of nitrogens with one attached hydrogen (secondary N) is 1. The molecule has 1 amide bonds. The third-order valence-corrected chi connectivity index (χ3v) is 3.03. The maximum atomic E-state index is 12.2. The Hall–Kier alpha value is -0.710. The zero-order valence-electron chi connectivity index (χ0n) is 10.6. The number of alkyl halides is 2. The number of hydrogen-bond acceptors (Lipinski definition) is 2. The zero-order chi connectivity index (χ0) is 12.8. The first-order valence-electron chi connectivity index (χ1n) is 6.27. The number of rotatable bonds is 5. The molecule has 0 aromatic heterocycles. The molecule has 0 unspecified atom stereocenters. The van der Waals surface area contributed by atoms with Crippen molar-refractivity contribution >= 4 is 5.91 Å². The summed E-state index contributed by atoms with van der Waals surface area (Å²) in [5.41, 5.74) is 0. The lowest BCUT2D eigenvalue weighted by molar-refractivity contribution is -0.122. The second kappa shape index (κ2) is 6.89. The van der Waals surface area contributed by atoms with Crippen LogP contribution < -0.4 is 5.32 Å². The number of carbonyl (C=O) groups is 1. The Morgan fingerprint density at radius 1 is 1.35 bits per heavy atom. The van der Waals surface area contributed by atoms with Gasteiger partial charge in [0.2, 0.25) is 5.91 Å². The number of hydrogen-bond donors (Lipinski definition) is 1. The Bertz CT molecular complexity index is 239. The lowest BCUT2D eigenvalue weighted by Gasteiger charge is -2.31. The highest BCUT2D eigenvalue weighted by molar-refractivity contribution is 5.76. The van der Waals surface area contributed by atoms with E-state index in [1.165, 1.54) is 0 Å². The van der Waals surface area contributed by atoms with Gasteiger partial charge in [-0.1, -0.05) is 0 Å². The summed E-state index contributed by atoms with van der Waals surface area (Å²) in [5, 5.41) is 2.86. The van der Waals surface area contributed by atoms with Gasteiger partial charge in [-0.2, -0.15) is 0 Å². The van der Waals surface area contributed by atoms with Crippen molar-refractivity contribution in [1.29, 1.82) is 0 Å². The zero-order valence-corrected chi connectivity index (χ0v) is 10.6. The van der Waals surface area contributed by atoms with Crippen molar-refractivity contribution in [2.75, 3.05) is 19.6 Å². The van der Waals surface area contributed by atoms with Crippen LogP contribution in [0.1, 0.15) is 33.1 Å². The van der Waals surface area contributed by atoms with E-state index >= 15 is 0 Å². The maximum Gasteiger partial charge on any atom is 0.251 e. The van der Waals surface area contributed by atoms with Crippen molar-refractivity contribution in [3.63, 3.8) is 0 Å². The quantitative estimate of drug-likeness (QED) is 0.805. The number of halogens is 2. The van der Waals surface area contributed by atoms with Crippen molar-refractivity contribution in [3.05, 3.63) is 0 Å². The van der Waals surface area contributed by atoms with Crippen molar-refractivity contribution in [2.24, 2.45) is 5.92 Å². The van der Waals surface area contributed by atoms with Gasteiger partial charge in [-0.25, -0.2) is 8.78 Å². The van der Waals surface area contributed by atoms with Crippen LogP contribution >= 0.6 is 0 Å². The molecule has 0 aromatic rings. The Labute approximate surface area is 102 Å². The van der Waals surface area contributed by atoms with E-state index in [1.807, 2.05) is 13.8 Å². The Kier molecular flexibility index (Phi) is 5.82. The summed E-state index contributed by atoms with van der Waals surface area (Å²) in [6.07, 6.45) is -0.0345. The predicted molar refractivity (Wildman–Crippen MR) is 63.1 cm³/mol. The smallest absolute Gasteiger partial charge is 0.251 e. The van der Waals surface area contributed by atoms with E-state index in [1.54, 1.807) is 4.90 Å². The van der Waals surface area contributed by atoms with Gasteiger partial charge in [0.05, 0.1) is 6.54 Å². The molecule has 1 heterocycles. The lowest BCUT2D eigenvalue weighted by atomic mass is 9.93. The maximum absolute atomic E-state index is 12.2. The van der Waals surface area contributed by atoms with Crippen molar-refractivity contribution in [3.8, 4) is 0 Å². The van der Waals surface area contributed by atoms with E-state index in [2.05, 4.69) is 5.32 Å². The first kappa shape index (κ1) is 14.4. The molecule has 0 saturated carbocycles. The average Bonchev–Trinajstić information content (AvgIpc) is 2.18. The Morgan fingerprint density at radius 3 is 2.41 bits per heavy atom. The fraction of sp³-hybridized carbons (Fsp3) is 0.917. The number of nitrogens with zero attached hydrogens (tertiary/aromatic N) is 1. The molecule has 5 heteroatoms. The van der Waals surface area contributed by atoms with Crippen LogP contribution in [0.2, 0.25) is 0 Å². The minimum Gasteiger partial charge on any atom is -0.354 e. The van der Waals surface area contributed by atoms with Crippen LogP contribution in [-0.2, 0) is 4.79 Å². The molecule has 0 spiro atoms. The average molecular weight is 248 g/mol. The molecule has 0 aromatic carbocycles. The molecule has 0 atom stereocenters. The van der Waals surface area contributed by atoms with Crippen LogP contribution in [0.25, 0.3) is 0 Å². The number of likely N-dealkylation sites (tertiary alicyclic amines) is 1. The topological polar surface area (TPSA) is 32.3 Å². The number of piperidine rings is 1. The summed E-state index contributed by atoms with van der Waals surface area (Å²) in [6.45, 7) is 5.10. The minimum absolute atomic E-state index is 0.0762. The summed E-state index contributed by atoms with van der Waals surface area (Å²) < 4.78 is 24.3. The SMILES string of the molecule is CC(C)NC(=O)CC1CCN(CC(F)F)CC1. The van der Waals surface area contributed by atoms with Gasteiger partial charge in [-0.15, -0.1) is 0 Å². The molecule has 100 valence electrons. The van der Waals surface area contributed by atoms with Gasteiger partial charge >= 0.3 is 0 Å². The molecule has 0 bridgehead atoms. The second-order valence-electron chi connectivity index (χ2n) is 5.06. The monoisotopic (exact) mass is 248 g/mol. The summed E-state index contributed by atoms with van der Waals surface area (Å²) in [7, 11) is 0. The van der Waals surface area contributed by atoms with E-state index in [9.17, 15) is 13.6 Å². The van der Waals surface area contributed by atoms with Crippen molar-refractivity contribution in [2.45, 2.75) is 45.6 Å². The highest BCUT2D eigenvalue weighted by Crippen LogP contribution is 2.20. The first-order valence-corrected chi connectivity index (χ1v) is 6.27. The molecule has 1 rings (SSSR count). The molecule has 0 radical (unpaired) electrons. The molecule has 17 heavy (non-hydrogen) atoms. The summed E-state index contributed by atoms with van der Waals surface area (Å²) >= 11 is 0. The minimum atomic E-state index is -2.25. The normalized spacial score (nSPS) is 18.9. The third kappa shape index (κ3) is 5.96. The van der Waals surface area contributed by atoms with E-state index in [-0.39, 0.29) is 18.5 Å². The van der Waals surface area contributed by atoms with Crippen LogP contribution in [0.15, 0.2) is 0 Å². The molecule has 1 aliphatic rings.